The SMILES string of the molecule is CC(C)CCOc1ccc2c(c1)[C@H]1OCCC[C@H]1[C@@H](C1CCN(Cc3ccccc3)CC1)N2.Cl. The molecule has 4 nitrogen and oxygen atoms in total. The van der Waals surface area contributed by atoms with Crippen LogP contribution in [0, 0.1) is 17.8 Å². The Morgan fingerprint density at radius 2 is 1.85 bits per heavy atom. The van der Waals surface area contributed by atoms with Crippen molar-refractivity contribution in [2.75, 3.05) is 31.6 Å². The van der Waals surface area contributed by atoms with Crippen LogP contribution in [0.5, 0.6) is 5.75 Å². The molecular formula is C29H41ClN2O2. The van der Waals surface area contributed by atoms with E-state index in [1.54, 1.807) is 0 Å². The van der Waals surface area contributed by atoms with Gasteiger partial charge < -0.3 is 14.8 Å². The molecule has 2 saturated heterocycles. The number of nitrogens with one attached hydrogen (secondary N) is 1. The van der Waals surface area contributed by atoms with Gasteiger partial charge in [0, 0.05) is 36.4 Å². The molecule has 0 bridgehead atoms. The molecule has 0 aromatic heterocycles. The Morgan fingerprint density at radius 3 is 2.62 bits per heavy atom. The van der Waals surface area contributed by atoms with Crippen molar-refractivity contribution >= 4 is 18.1 Å². The molecule has 0 amide bonds. The first kappa shape index (κ1) is 25.3. The van der Waals surface area contributed by atoms with Crippen molar-refractivity contribution in [3.8, 4) is 5.75 Å². The van der Waals surface area contributed by atoms with Crippen molar-refractivity contribution < 1.29 is 9.47 Å². The van der Waals surface area contributed by atoms with Gasteiger partial charge in [0.25, 0.3) is 0 Å². The Labute approximate surface area is 211 Å². The largest absolute Gasteiger partial charge is 0.494 e. The third kappa shape index (κ3) is 5.90. The Hall–Kier alpha value is -1.75. The van der Waals surface area contributed by atoms with Crippen LogP contribution in [-0.4, -0.2) is 37.2 Å². The lowest BCUT2D eigenvalue weighted by Crippen LogP contribution is -2.48. The summed E-state index contributed by atoms with van der Waals surface area (Å²) >= 11 is 0. The Bertz CT molecular complexity index is 898. The third-order valence-electron chi connectivity index (χ3n) is 7.83. The molecule has 0 saturated carbocycles. The first-order valence-electron chi connectivity index (χ1n) is 13.1. The van der Waals surface area contributed by atoms with E-state index in [0.29, 0.717) is 23.8 Å². The van der Waals surface area contributed by atoms with E-state index in [0.717, 1.165) is 31.9 Å². The summed E-state index contributed by atoms with van der Waals surface area (Å²) in [4.78, 5) is 2.62. The standard InChI is InChI=1S/C29H40N2O2.ClH/c1-21(2)14-18-32-24-10-11-27-26(19-24)29-25(9-6-17-33-29)28(30-27)23-12-15-31(16-13-23)20-22-7-4-3-5-8-22;/h3-5,7-8,10-11,19,21,23,25,28-30H,6,9,12-18,20H2,1-2H3;1H/t25-,28+,29-;/m0./s1. The molecule has 2 aromatic rings. The van der Waals surface area contributed by atoms with Gasteiger partial charge in [-0.1, -0.05) is 44.2 Å². The minimum Gasteiger partial charge on any atom is -0.494 e. The van der Waals surface area contributed by atoms with Crippen molar-refractivity contribution in [1.82, 2.24) is 4.90 Å². The Balaban J connectivity index is 0.00000274. The normalized spacial score (nSPS) is 25.1. The van der Waals surface area contributed by atoms with Gasteiger partial charge >= 0.3 is 0 Å². The maximum Gasteiger partial charge on any atom is 0.119 e. The van der Waals surface area contributed by atoms with E-state index in [4.69, 9.17) is 9.47 Å². The molecule has 0 radical (unpaired) electrons. The molecule has 3 atom stereocenters. The first-order valence-corrected chi connectivity index (χ1v) is 13.1. The summed E-state index contributed by atoms with van der Waals surface area (Å²) < 4.78 is 12.5. The van der Waals surface area contributed by atoms with Gasteiger partial charge in [-0.05, 0) is 80.8 Å². The van der Waals surface area contributed by atoms with Gasteiger partial charge in [0.05, 0.1) is 12.7 Å². The highest BCUT2D eigenvalue weighted by atomic mass is 35.5. The van der Waals surface area contributed by atoms with Crippen LogP contribution in [0.15, 0.2) is 48.5 Å². The van der Waals surface area contributed by atoms with Gasteiger partial charge in [-0.3, -0.25) is 4.90 Å². The van der Waals surface area contributed by atoms with E-state index in [1.807, 2.05) is 0 Å². The third-order valence-corrected chi connectivity index (χ3v) is 7.83. The summed E-state index contributed by atoms with van der Waals surface area (Å²) in [5.74, 6) is 2.91. The fraction of sp³-hybridized carbons (Fsp3) is 0.586. The maximum absolute atomic E-state index is 6.42. The minimum absolute atomic E-state index is 0. The van der Waals surface area contributed by atoms with Crippen LogP contribution in [0.3, 0.4) is 0 Å². The monoisotopic (exact) mass is 484 g/mol. The predicted octanol–water partition coefficient (Wildman–Crippen LogP) is 6.71. The van der Waals surface area contributed by atoms with Gasteiger partial charge in [0.15, 0.2) is 0 Å². The molecule has 0 unspecified atom stereocenters. The number of rotatable bonds is 7. The predicted molar refractivity (Wildman–Crippen MR) is 142 cm³/mol. The van der Waals surface area contributed by atoms with Crippen LogP contribution in [0.4, 0.5) is 5.69 Å². The number of nitrogens with zero attached hydrogens (tertiary/aromatic N) is 1. The van der Waals surface area contributed by atoms with Crippen molar-refractivity contribution in [2.24, 2.45) is 17.8 Å². The summed E-state index contributed by atoms with van der Waals surface area (Å²) in [5, 5.41) is 3.98. The van der Waals surface area contributed by atoms with Crippen molar-refractivity contribution in [3.63, 3.8) is 0 Å². The highest BCUT2D eigenvalue weighted by molar-refractivity contribution is 5.85. The number of piperidine rings is 1. The van der Waals surface area contributed by atoms with E-state index < -0.39 is 0 Å². The fourth-order valence-electron chi connectivity index (χ4n) is 5.97. The molecule has 5 rings (SSSR count). The second kappa shape index (κ2) is 11.8. The van der Waals surface area contributed by atoms with E-state index in [2.05, 4.69) is 72.6 Å². The van der Waals surface area contributed by atoms with E-state index in [-0.39, 0.29) is 18.5 Å². The van der Waals surface area contributed by atoms with Gasteiger partial charge in [-0.2, -0.15) is 0 Å². The number of ether oxygens (including phenoxy) is 2. The molecule has 0 aliphatic carbocycles. The van der Waals surface area contributed by atoms with Crippen molar-refractivity contribution in [1.29, 1.82) is 0 Å². The van der Waals surface area contributed by atoms with Crippen LogP contribution in [0.1, 0.15) is 63.2 Å². The van der Waals surface area contributed by atoms with E-state index in [1.165, 1.54) is 55.6 Å². The fourth-order valence-corrected chi connectivity index (χ4v) is 5.97. The lowest BCUT2D eigenvalue weighted by molar-refractivity contribution is -0.0474. The van der Waals surface area contributed by atoms with E-state index in [9.17, 15) is 0 Å². The molecule has 3 heterocycles. The molecule has 186 valence electrons. The lowest BCUT2D eigenvalue weighted by Gasteiger charge is -2.48. The van der Waals surface area contributed by atoms with Crippen LogP contribution in [-0.2, 0) is 11.3 Å². The number of hydrogen-bond donors (Lipinski definition) is 1. The zero-order valence-corrected chi connectivity index (χ0v) is 21.6. The summed E-state index contributed by atoms with van der Waals surface area (Å²) in [6.45, 7) is 9.59. The average Bonchev–Trinajstić information content (AvgIpc) is 2.85. The smallest absolute Gasteiger partial charge is 0.119 e. The lowest BCUT2D eigenvalue weighted by atomic mass is 9.73. The highest BCUT2D eigenvalue weighted by Gasteiger charge is 2.43. The molecule has 0 spiro atoms. The molecule has 1 N–H and O–H groups in total. The zero-order chi connectivity index (χ0) is 22.6. The van der Waals surface area contributed by atoms with Gasteiger partial charge in [-0.25, -0.2) is 0 Å². The summed E-state index contributed by atoms with van der Waals surface area (Å²) in [6, 6.07) is 18.0. The quantitative estimate of drug-likeness (QED) is 0.473. The van der Waals surface area contributed by atoms with Crippen LogP contribution in [0.2, 0.25) is 0 Å². The second-order valence-corrected chi connectivity index (χ2v) is 10.6. The molecule has 3 aliphatic heterocycles. The van der Waals surface area contributed by atoms with Gasteiger partial charge in [0.2, 0.25) is 0 Å². The molecule has 2 fully saturated rings. The number of hydrogen-bond acceptors (Lipinski definition) is 4. The second-order valence-electron chi connectivity index (χ2n) is 10.6. The molecule has 5 heteroatoms. The summed E-state index contributed by atoms with van der Waals surface area (Å²) in [6.07, 6.45) is 6.24. The highest BCUT2D eigenvalue weighted by Crippen LogP contribution is 2.47. The molecule has 3 aliphatic rings. The Kier molecular flexibility index (Phi) is 8.79. The molecular weight excluding hydrogens is 444 g/mol. The number of likely N-dealkylation sites (tertiary alicyclic amines) is 1. The minimum atomic E-state index is 0. The molecule has 34 heavy (non-hydrogen) atoms. The molecule has 2 aromatic carbocycles. The van der Waals surface area contributed by atoms with Crippen LogP contribution in [0.25, 0.3) is 0 Å². The van der Waals surface area contributed by atoms with Crippen LogP contribution < -0.4 is 10.1 Å². The number of fused-ring (bicyclic) bond motifs is 3. The van der Waals surface area contributed by atoms with Crippen LogP contribution >= 0.6 is 12.4 Å². The topological polar surface area (TPSA) is 33.7 Å². The van der Waals surface area contributed by atoms with Gasteiger partial charge in [0.1, 0.15) is 5.75 Å². The summed E-state index contributed by atoms with van der Waals surface area (Å²) in [7, 11) is 0. The summed E-state index contributed by atoms with van der Waals surface area (Å²) in [5.41, 5.74) is 3.98. The Morgan fingerprint density at radius 1 is 1.06 bits per heavy atom. The van der Waals surface area contributed by atoms with Gasteiger partial charge in [-0.15, -0.1) is 12.4 Å². The number of halogens is 1. The average molecular weight is 485 g/mol. The number of anilines is 1. The van der Waals surface area contributed by atoms with E-state index >= 15 is 0 Å². The number of benzene rings is 2. The maximum atomic E-state index is 6.42. The first-order chi connectivity index (χ1) is 16.2. The van der Waals surface area contributed by atoms with Crippen molar-refractivity contribution in [2.45, 2.75) is 64.6 Å². The van der Waals surface area contributed by atoms with Crippen molar-refractivity contribution in [3.05, 3.63) is 59.7 Å². The zero-order valence-electron chi connectivity index (χ0n) is 20.7.